The van der Waals surface area contributed by atoms with Crippen LogP contribution >= 0.6 is 11.6 Å². The van der Waals surface area contributed by atoms with Crippen LogP contribution in [0.25, 0.3) is 0 Å². The van der Waals surface area contributed by atoms with Crippen LogP contribution in [0.4, 0.5) is 0 Å². The van der Waals surface area contributed by atoms with Gasteiger partial charge in [-0.3, -0.25) is 0 Å². The second-order valence-electron chi connectivity index (χ2n) is 2.99. The van der Waals surface area contributed by atoms with Gasteiger partial charge < -0.3 is 20.1 Å². The summed E-state index contributed by atoms with van der Waals surface area (Å²) in [6.45, 7) is -0.363. The molecule has 0 spiro atoms. The molecule has 1 rings (SSSR count). The number of hydrogen-bond donors (Lipinski definition) is 3. The average Bonchev–Trinajstić information content (AvgIpc) is 2.31. The van der Waals surface area contributed by atoms with E-state index in [9.17, 15) is 10.2 Å². The Labute approximate surface area is 81.9 Å². The fourth-order valence-corrected chi connectivity index (χ4v) is 1.51. The minimum atomic E-state index is -1.69. The SMILES string of the molecule is B[C@@H]1O[C@H](CO)C(O)[C@]1(O)C#CCl. The predicted molar refractivity (Wildman–Crippen MR) is 48.9 cm³/mol. The maximum Gasteiger partial charge on any atom is 0.173 e. The Bertz CT molecular complexity index is 251. The Morgan fingerprint density at radius 1 is 1.62 bits per heavy atom. The summed E-state index contributed by atoms with van der Waals surface area (Å²) in [7, 11) is 1.56. The molecule has 0 aromatic carbocycles. The number of aliphatic hydroxyl groups excluding tert-OH is 2. The molecule has 13 heavy (non-hydrogen) atoms. The molecule has 72 valence electrons. The summed E-state index contributed by atoms with van der Waals surface area (Å²) >= 11 is 5.14. The van der Waals surface area contributed by atoms with E-state index < -0.39 is 23.8 Å². The van der Waals surface area contributed by atoms with Crippen molar-refractivity contribution in [2.45, 2.75) is 23.8 Å². The normalized spacial score (nSPS) is 44.2. The van der Waals surface area contributed by atoms with Gasteiger partial charge in [-0.05, 0) is 17.5 Å². The van der Waals surface area contributed by atoms with Crippen LogP contribution in [0.3, 0.4) is 0 Å². The molecule has 1 unspecified atom stereocenters. The molecule has 0 amide bonds. The van der Waals surface area contributed by atoms with E-state index in [1.54, 1.807) is 7.85 Å². The van der Waals surface area contributed by atoms with Crippen LogP contribution in [0.2, 0.25) is 0 Å². The van der Waals surface area contributed by atoms with Crippen molar-refractivity contribution in [1.29, 1.82) is 0 Å². The molecule has 6 heteroatoms. The van der Waals surface area contributed by atoms with Crippen LogP contribution in [0.1, 0.15) is 0 Å². The quantitative estimate of drug-likeness (QED) is 0.330. The van der Waals surface area contributed by atoms with Crippen molar-refractivity contribution in [3.63, 3.8) is 0 Å². The average molecular weight is 204 g/mol. The number of ether oxygens (including phenoxy) is 1. The van der Waals surface area contributed by atoms with E-state index in [1.807, 2.05) is 5.38 Å². The molecule has 0 aromatic heterocycles. The van der Waals surface area contributed by atoms with E-state index in [1.165, 1.54) is 0 Å². The third-order valence-electron chi connectivity index (χ3n) is 2.23. The van der Waals surface area contributed by atoms with Gasteiger partial charge in [0.2, 0.25) is 0 Å². The molecule has 0 radical (unpaired) electrons. The van der Waals surface area contributed by atoms with Gasteiger partial charge in [0.05, 0.1) is 12.6 Å². The number of aliphatic hydroxyl groups is 3. The molecule has 1 heterocycles. The molecular formula is C7H10BClO4. The highest BCUT2D eigenvalue weighted by molar-refractivity contribution is 6.30. The van der Waals surface area contributed by atoms with Crippen molar-refractivity contribution < 1.29 is 20.1 Å². The summed E-state index contributed by atoms with van der Waals surface area (Å²) in [5.74, 6) is 2.27. The van der Waals surface area contributed by atoms with Crippen LogP contribution in [-0.2, 0) is 4.74 Å². The Balaban J connectivity index is 2.90. The number of hydrogen-bond acceptors (Lipinski definition) is 4. The number of rotatable bonds is 1. The van der Waals surface area contributed by atoms with E-state index >= 15 is 0 Å². The highest BCUT2D eigenvalue weighted by atomic mass is 35.5. The van der Waals surface area contributed by atoms with Crippen molar-refractivity contribution in [2.75, 3.05) is 6.61 Å². The van der Waals surface area contributed by atoms with Crippen LogP contribution < -0.4 is 0 Å². The highest BCUT2D eigenvalue weighted by Crippen LogP contribution is 2.28. The van der Waals surface area contributed by atoms with Crippen molar-refractivity contribution in [2.24, 2.45) is 0 Å². The maximum atomic E-state index is 9.79. The Hall–Kier alpha value is -0.245. The van der Waals surface area contributed by atoms with E-state index in [-0.39, 0.29) is 6.61 Å². The number of halogens is 1. The second-order valence-corrected chi connectivity index (χ2v) is 3.18. The van der Waals surface area contributed by atoms with Gasteiger partial charge in [0.15, 0.2) is 5.60 Å². The summed E-state index contributed by atoms with van der Waals surface area (Å²) in [5.41, 5.74) is -1.69. The molecule has 1 saturated heterocycles. The molecule has 0 saturated carbocycles. The lowest BCUT2D eigenvalue weighted by Gasteiger charge is -2.22. The van der Waals surface area contributed by atoms with Crippen LogP contribution in [0.5, 0.6) is 0 Å². The summed E-state index contributed by atoms with van der Waals surface area (Å²) in [4.78, 5) is 0. The molecule has 0 bridgehead atoms. The molecule has 3 N–H and O–H groups in total. The lowest BCUT2D eigenvalue weighted by Crippen LogP contribution is -2.47. The van der Waals surface area contributed by atoms with Gasteiger partial charge in [0, 0.05) is 5.38 Å². The van der Waals surface area contributed by atoms with Crippen LogP contribution in [0, 0.1) is 11.3 Å². The standard InChI is InChI=1S/C7H10BClO4/c8-6-7(12,1-2-9)5(11)4(3-10)13-6/h4-6,10-12H,3,8H2/t4-,5?,6-,7-/m1/s1. The zero-order chi connectivity index (χ0) is 10.1. The van der Waals surface area contributed by atoms with Gasteiger partial charge in [-0.2, -0.15) is 0 Å². The molecule has 1 aliphatic rings. The smallest absolute Gasteiger partial charge is 0.173 e. The van der Waals surface area contributed by atoms with Gasteiger partial charge in [0.1, 0.15) is 20.1 Å². The predicted octanol–water partition coefficient (Wildman–Crippen LogP) is -2.37. The van der Waals surface area contributed by atoms with E-state index in [2.05, 4.69) is 5.92 Å². The first-order valence-electron chi connectivity index (χ1n) is 3.85. The summed E-state index contributed by atoms with van der Waals surface area (Å²) in [6, 6.07) is -0.675. The zero-order valence-electron chi connectivity index (χ0n) is 7.07. The molecule has 1 fully saturated rings. The van der Waals surface area contributed by atoms with Gasteiger partial charge >= 0.3 is 0 Å². The third-order valence-corrected chi connectivity index (χ3v) is 2.32. The minimum Gasteiger partial charge on any atom is -0.394 e. The third kappa shape index (κ3) is 1.69. The monoisotopic (exact) mass is 204 g/mol. The molecule has 0 aliphatic carbocycles. The van der Waals surface area contributed by atoms with Crippen molar-refractivity contribution in [3.05, 3.63) is 0 Å². The van der Waals surface area contributed by atoms with E-state index in [0.717, 1.165) is 0 Å². The van der Waals surface area contributed by atoms with Crippen LogP contribution in [-0.4, -0.2) is 53.6 Å². The molecule has 4 atom stereocenters. The van der Waals surface area contributed by atoms with Gasteiger partial charge in [-0.25, -0.2) is 0 Å². The second kappa shape index (κ2) is 3.87. The summed E-state index contributed by atoms with van der Waals surface area (Å²) in [6.07, 6.45) is -2.05. The van der Waals surface area contributed by atoms with Gasteiger partial charge in [0.25, 0.3) is 0 Å². The first-order chi connectivity index (χ1) is 6.06. The fraction of sp³-hybridized carbons (Fsp3) is 0.714. The summed E-state index contributed by atoms with van der Waals surface area (Å²) < 4.78 is 5.08. The van der Waals surface area contributed by atoms with Crippen molar-refractivity contribution >= 4 is 19.4 Å². The first-order valence-corrected chi connectivity index (χ1v) is 4.23. The molecule has 1 aliphatic heterocycles. The lowest BCUT2D eigenvalue weighted by molar-refractivity contribution is -0.0238. The Morgan fingerprint density at radius 3 is 2.62 bits per heavy atom. The molecule has 4 nitrogen and oxygen atoms in total. The fourth-order valence-electron chi connectivity index (χ4n) is 1.36. The topological polar surface area (TPSA) is 69.9 Å². The van der Waals surface area contributed by atoms with E-state index in [4.69, 9.17) is 21.4 Å². The Morgan fingerprint density at radius 2 is 2.23 bits per heavy atom. The van der Waals surface area contributed by atoms with E-state index in [0.29, 0.717) is 0 Å². The van der Waals surface area contributed by atoms with Crippen molar-refractivity contribution in [1.82, 2.24) is 0 Å². The lowest BCUT2D eigenvalue weighted by atomic mass is 9.81. The molecule has 0 aromatic rings. The highest BCUT2D eigenvalue weighted by Gasteiger charge is 2.51. The Kier molecular flexibility index (Phi) is 3.22. The zero-order valence-corrected chi connectivity index (χ0v) is 7.82. The first kappa shape index (κ1) is 10.8. The van der Waals surface area contributed by atoms with Gasteiger partial charge in [-0.15, -0.1) is 0 Å². The maximum absolute atomic E-state index is 9.79. The van der Waals surface area contributed by atoms with Crippen molar-refractivity contribution in [3.8, 4) is 11.3 Å². The molecular weight excluding hydrogens is 194 g/mol. The minimum absolute atomic E-state index is 0.363. The van der Waals surface area contributed by atoms with Gasteiger partial charge in [-0.1, -0.05) is 0 Å². The largest absolute Gasteiger partial charge is 0.394 e. The summed E-state index contributed by atoms with van der Waals surface area (Å²) in [5, 5.41) is 30.1. The van der Waals surface area contributed by atoms with Crippen LogP contribution in [0.15, 0.2) is 0 Å².